The minimum Gasteiger partial charge on any atom is -0.381 e. The molecule has 1 spiro atoms. The zero-order chi connectivity index (χ0) is 8.66. The zero-order valence-corrected chi connectivity index (χ0v) is 8.67. The fraction of sp³-hybridized carbons (Fsp3) is 1.00. The Hall–Kier alpha value is 0.270. The van der Waals surface area contributed by atoms with E-state index in [-0.39, 0.29) is 0 Å². The number of hydrogen-bond acceptors (Lipinski definition) is 3. The summed E-state index contributed by atoms with van der Waals surface area (Å²) < 4.78 is 5.37. The summed E-state index contributed by atoms with van der Waals surface area (Å²) in [6.45, 7) is 6.42. The Bertz CT molecular complexity index is 175. The number of rotatable bonds is 0. The van der Waals surface area contributed by atoms with Gasteiger partial charge in [-0.25, -0.2) is 0 Å². The lowest BCUT2D eigenvalue weighted by Gasteiger charge is -2.34. The van der Waals surface area contributed by atoms with Gasteiger partial charge in [0.2, 0.25) is 0 Å². The summed E-state index contributed by atoms with van der Waals surface area (Å²) in [4.78, 5) is 0.349. The van der Waals surface area contributed by atoms with Gasteiger partial charge in [-0.2, -0.15) is 0 Å². The van der Waals surface area contributed by atoms with E-state index in [0.717, 1.165) is 13.2 Å². The molecule has 0 atom stereocenters. The van der Waals surface area contributed by atoms with E-state index in [2.05, 4.69) is 30.9 Å². The van der Waals surface area contributed by atoms with Crippen LogP contribution < -0.4 is 5.32 Å². The highest BCUT2D eigenvalue weighted by Crippen LogP contribution is 2.41. The SMILES string of the molecule is CC1(C)CSC2(CCOCC2)N1. The van der Waals surface area contributed by atoms with Crippen LogP contribution in [-0.2, 0) is 4.74 Å². The third kappa shape index (κ3) is 1.63. The van der Waals surface area contributed by atoms with E-state index in [0.29, 0.717) is 10.4 Å². The van der Waals surface area contributed by atoms with Gasteiger partial charge in [0.1, 0.15) is 0 Å². The van der Waals surface area contributed by atoms with Crippen LogP contribution in [0.25, 0.3) is 0 Å². The largest absolute Gasteiger partial charge is 0.381 e. The molecule has 0 aromatic heterocycles. The first kappa shape index (κ1) is 8.85. The topological polar surface area (TPSA) is 21.3 Å². The van der Waals surface area contributed by atoms with Gasteiger partial charge in [-0.15, -0.1) is 11.8 Å². The Morgan fingerprint density at radius 1 is 1.25 bits per heavy atom. The molecule has 2 fully saturated rings. The monoisotopic (exact) mass is 187 g/mol. The second kappa shape index (κ2) is 2.89. The van der Waals surface area contributed by atoms with E-state index in [4.69, 9.17) is 4.74 Å². The summed E-state index contributed by atoms with van der Waals surface area (Å²) in [5.74, 6) is 1.23. The van der Waals surface area contributed by atoms with Crippen LogP contribution in [0.2, 0.25) is 0 Å². The van der Waals surface area contributed by atoms with Crippen LogP contribution in [0, 0.1) is 0 Å². The van der Waals surface area contributed by atoms with E-state index in [1.165, 1.54) is 18.6 Å². The fourth-order valence-corrected chi connectivity index (χ4v) is 3.49. The minimum absolute atomic E-state index is 0.321. The van der Waals surface area contributed by atoms with Crippen molar-refractivity contribution in [1.82, 2.24) is 5.32 Å². The van der Waals surface area contributed by atoms with Crippen LogP contribution >= 0.6 is 11.8 Å². The highest BCUT2D eigenvalue weighted by molar-refractivity contribution is 8.00. The molecule has 2 aliphatic rings. The molecule has 0 saturated carbocycles. The molecule has 0 unspecified atom stereocenters. The van der Waals surface area contributed by atoms with Gasteiger partial charge in [-0.3, -0.25) is 5.32 Å². The Morgan fingerprint density at radius 2 is 1.92 bits per heavy atom. The fourth-order valence-electron chi connectivity index (χ4n) is 1.98. The molecule has 3 heteroatoms. The molecule has 0 aromatic carbocycles. The lowest BCUT2D eigenvalue weighted by Crippen LogP contribution is -2.49. The number of ether oxygens (including phenoxy) is 1. The predicted octanol–water partition coefficient (Wildman–Crippen LogP) is 1.61. The number of hydrogen-bond donors (Lipinski definition) is 1. The van der Waals surface area contributed by atoms with Crippen molar-refractivity contribution in [3.8, 4) is 0 Å². The molecule has 12 heavy (non-hydrogen) atoms. The predicted molar refractivity (Wildman–Crippen MR) is 52.5 cm³/mol. The summed E-state index contributed by atoms with van der Waals surface area (Å²) in [6.07, 6.45) is 2.34. The first-order valence-corrected chi connectivity index (χ1v) is 5.62. The highest BCUT2D eigenvalue weighted by atomic mass is 32.2. The molecule has 1 N–H and O–H groups in total. The molecular weight excluding hydrogens is 170 g/mol. The molecule has 2 aliphatic heterocycles. The van der Waals surface area contributed by atoms with Crippen molar-refractivity contribution in [2.45, 2.75) is 37.1 Å². The maximum atomic E-state index is 5.37. The maximum Gasteiger partial charge on any atom is 0.0694 e. The second-order valence-electron chi connectivity index (χ2n) is 4.40. The third-order valence-electron chi connectivity index (χ3n) is 2.58. The van der Waals surface area contributed by atoms with Crippen molar-refractivity contribution >= 4 is 11.8 Å². The Kier molecular flexibility index (Phi) is 2.13. The average molecular weight is 187 g/mol. The van der Waals surface area contributed by atoms with Gasteiger partial charge in [0.05, 0.1) is 4.87 Å². The highest BCUT2D eigenvalue weighted by Gasteiger charge is 2.43. The first-order valence-electron chi connectivity index (χ1n) is 4.63. The van der Waals surface area contributed by atoms with Crippen molar-refractivity contribution in [3.05, 3.63) is 0 Å². The minimum atomic E-state index is 0.321. The first-order chi connectivity index (χ1) is 5.62. The standard InChI is InChI=1S/C9H17NOS/c1-8(2)7-12-9(10-8)3-5-11-6-4-9/h10H,3-7H2,1-2H3. The molecule has 0 amide bonds. The normalized spacial score (nSPS) is 32.5. The van der Waals surface area contributed by atoms with E-state index in [1.807, 2.05) is 0 Å². The number of thioether (sulfide) groups is 1. The summed E-state index contributed by atoms with van der Waals surface area (Å²) in [7, 11) is 0. The van der Waals surface area contributed by atoms with Crippen LogP contribution in [0.1, 0.15) is 26.7 Å². The molecule has 2 saturated heterocycles. The van der Waals surface area contributed by atoms with E-state index < -0.39 is 0 Å². The summed E-state index contributed by atoms with van der Waals surface area (Å²) in [5.41, 5.74) is 0.321. The molecule has 70 valence electrons. The molecule has 0 aromatic rings. The Morgan fingerprint density at radius 3 is 2.42 bits per heavy atom. The van der Waals surface area contributed by atoms with Crippen LogP contribution in [0.15, 0.2) is 0 Å². The Balaban J connectivity index is 2.03. The van der Waals surface area contributed by atoms with Gasteiger partial charge in [-0.05, 0) is 26.7 Å². The Labute approximate surface area is 78.4 Å². The van der Waals surface area contributed by atoms with Gasteiger partial charge in [-0.1, -0.05) is 0 Å². The smallest absolute Gasteiger partial charge is 0.0694 e. The van der Waals surface area contributed by atoms with Crippen LogP contribution in [0.5, 0.6) is 0 Å². The van der Waals surface area contributed by atoms with Crippen molar-refractivity contribution in [3.63, 3.8) is 0 Å². The summed E-state index contributed by atoms with van der Waals surface area (Å²) in [6, 6.07) is 0. The molecule has 0 bridgehead atoms. The lowest BCUT2D eigenvalue weighted by molar-refractivity contribution is 0.0651. The van der Waals surface area contributed by atoms with Gasteiger partial charge >= 0.3 is 0 Å². The summed E-state index contributed by atoms with van der Waals surface area (Å²) in [5, 5.41) is 3.73. The van der Waals surface area contributed by atoms with Crippen LogP contribution in [0.3, 0.4) is 0 Å². The second-order valence-corrected chi connectivity index (χ2v) is 5.76. The van der Waals surface area contributed by atoms with Gasteiger partial charge in [0.15, 0.2) is 0 Å². The average Bonchev–Trinajstić information content (AvgIpc) is 2.29. The van der Waals surface area contributed by atoms with Crippen molar-refractivity contribution < 1.29 is 4.74 Å². The molecule has 2 rings (SSSR count). The van der Waals surface area contributed by atoms with Crippen molar-refractivity contribution in [1.29, 1.82) is 0 Å². The third-order valence-corrected chi connectivity index (χ3v) is 4.50. The zero-order valence-electron chi connectivity index (χ0n) is 7.85. The number of nitrogens with one attached hydrogen (secondary N) is 1. The molecular formula is C9H17NOS. The van der Waals surface area contributed by atoms with E-state index in [1.54, 1.807) is 0 Å². The van der Waals surface area contributed by atoms with Crippen molar-refractivity contribution in [2.75, 3.05) is 19.0 Å². The maximum absolute atomic E-state index is 5.37. The van der Waals surface area contributed by atoms with Crippen LogP contribution in [0.4, 0.5) is 0 Å². The van der Waals surface area contributed by atoms with E-state index >= 15 is 0 Å². The lowest BCUT2D eigenvalue weighted by atomic mass is 10.0. The summed E-state index contributed by atoms with van der Waals surface area (Å²) >= 11 is 2.08. The van der Waals surface area contributed by atoms with Gasteiger partial charge < -0.3 is 4.74 Å². The van der Waals surface area contributed by atoms with Gasteiger partial charge in [0.25, 0.3) is 0 Å². The molecule has 2 heterocycles. The molecule has 2 nitrogen and oxygen atoms in total. The van der Waals surface area contributed by atoms with Gasteiger partial charge in [0, 0.05) is 24.5 Å². The molecule has 0 aliphatic carbocycles. The quantitative estimate of drug-likeness (QED) is 0.622. The molecule has 0 radical (unpaired) electrons. The van der Waals surface area contributed by atoms with E-state index in [9.17, 15) is 0 Å². The van der Waals surface area contributed by atoms with Crippen LogP contribution in [-0.4, -0.2) is 29.4 Å². The van der Waals surface area contributed by atoms with Crippen molar-refractivity contribution in [2.24, 2.45) is 0 Å².